The molecule has 106 valence electrons. The fourth-order valence-electron chi connectivity index (χ4n) is 2.78. The van der Waals surface area contributed by atoms with Crippen LogP contribution in [0.15, 0.2) is 30.3 Å². The normalized spacial score (nSPS) is 21.6. The van der Waals surface area contributed by atoms with Crippen LogP contribution >= 0.6 is 12.2 Å². The summed E-state index contributed by atoms with van der Waals surface area (Å²) in [5.41, 5.74) is 1.07. The lowest BCUT2D eigenvalue weighted by Gasteiger charge is -2.34. The Balaban J connectivity index is 1.74. The third-order valence-corrected chi connectivity index (χ3v) is 4.10. The Morgan fingerprint density at radius 3 is 2.80 bits per heavy atom. The lowest BCUT2D eigenvalue weighted by atomic mass is 9.80. The van der Waals surface area contributed by atoms with Gasteiger partial charge in [-0.2, -0.15) is 5.10 Å². The minimum Gasteiger partial charge on any atom is -0.378 e. The number of hydrogen-bond acceptors (Lipinski definition) is 3. The number of nitrogens with zero attached hydrogens (tertiary/aromatic N) is 2. The molecule has 0 atom stereocenters. The van der Waals surface area contributed by atoms with E-state index in [2.05, 4.69) is 22.3 Å². The monoisotopic (exact) mass is 289 g/mol. The summed E-state index contributed by atoms with van der Waals surface area (Å²) in [6, 6.07) is 10.1. The summed E-state index contributed by atoms with van der Waals surface area (Å²) in [5, 5.41) is 7.30. The summed E-state index contributed by atoms with van der Waals surface area (Å²) in [7, 11) is 0. The van der Waals surface area contributed by atoms with Crippen LogP contribution in [0.25, 0.3) is 5.69 Å². The molecule has 5 heteroatoms. The molecular weight excluding hydrogens is 270 g/mol. The topological polar surface area (TPSA) is 42.8 Å². The smallest absolute Gasteiger partial charge is 0.199 e. The molecule has 0 unspecified atom stereocenters. The fourth-order valence-corrected chi connectivity index (χ4v) is 3.04. The minimum absolute atomic E-state index is 0.442. The van der Waals surface area contributed by atoms with E-state index in [4.69, 9.17) is 17.0 Å². The van der Waals surface area contributed by atoms with Gasteiger partial charge in [0.1, 0.15) is 5.82 Å². The highest BCUT2D eigenvalue weighted by molar-refractivity contribution is 7.71. The first-order valence-electron chi connectivity index (χ1n) is 7.11. The number of nitrogens with one attached hydrogen (secondary N) is 1. The molecule has 4 nitrogen and oxygen atoms in total. The highest BCUT2D eigenvalue weighted by atomic mass is 32.1. The van der Waals surface area contributed by atoms with Crippen molar-refractivity contribution in [1.82, 2.24) is 14.8 Å². The van der Waals surface area contributed by atoms with E-state index in [9.17, 15) is 0 Å². The molecule has 0 bridgehead atoms. The molecule has 1 fully saturated rings. The van der Waals surface area contributed by atoms with E-state index in [1.54, 1.807) is 0 Å². The Labute approximate surface area is 123 Å². The maximum absolute atomic E-state index is 5.61. The predicted molar refractivity (Wildman–Crippen MR) is 80.6 cm³/mol. The van der Waals surface area contributed by atoms with Gasteiger partial charge in [-0.3, -0.25) is 9.67 Å². The highest BCUT2D eigenvalue weighted by Crippen LogP contribution is 2.32. The van der Waals surface area contributed by atoms with Crippen LogP contribution in [0.2, 0.25) is 0 Å². The number of aromatic amines is 1. The largest absolute Gasteiger partial charge is 0.378 e. The summed E-state index contributed by atoms with van der Waals surface area (Å²) in [5.74, 6) is 1.67. The predicted octanol–water partition coefficient (Wildman–Crippen LogP) is 3.29. The van der Waals surface area contributed by atoms with Gasteiger partial charge in [-0.1, -0.05) is 18.2 Å². The first-order chi connectivity index (χ1) is 9.78. The van der Waals surface area contributed by atoms with Gasteiger partial charge in [-0.05, 0) is 50.0 Å². The van der Waals surface area contributed by atoms with E-state index in [0.717, 1.165) is 37.4 Å². The Morgan fingerprint density at radius 2 is 2.10 bits per heavy atom. The van der Waals surface area contributed by atoms with Crippen molar-refractivity contribution in [2.24, 2.45) is 5.92 Å². The van der Waals surface area contributed by atoms with Gasteiger partial charge in [0.05, 0.1) is 6.10 Å². The van der Waals surface area contributed by atoms with Crippen LogP contribution in [0, 0.1) is 10.7 Å². The van der Waals surface area contributed by atoms with E-state index in [1.165, 1.54) is 0 Å². The van der Waals surface area contributed by atoms with Crippen LogP contribution < -0.4 is 0 Å². The van der Waals surface area contributed by atoms with E-state index < -0.39 is 0 Å². The van der Waals surface area contributed by atoms with Gasteiger partial charge >= 0.3 is 0 Å². The van der Waals surface area contributed by atoms with Crippen molar-refractivity contribution in [3.63, 3.8) is 0 Å². The summed E-state index contributed by atoms with van der Waals surface area (Å²) < 4.78 is 8.30. The van der Waals surface area contributed by atoms with E-state index >= 15 is 0 Å². The summed E-state index contributed by atoms with van der Waals surface area (Å²) >= 11 is 5.35. The molecule has 0 saturated heterocycles. The molecule has 0 spiro atoms. The number of ether oxygens (including phenoxy) is 1. The highest BCUT2D eigenvalue weighted by Gasteiger charge is 2.30. The lowest BCUT2D eigenvalue weighted by molar-refractivity contribution is -0.0246. The standard InChI is InChI=1S/C15H19N3OS/c1-2-19-13-8-11(9-13)10-14-16-17-15(20)18(14)12-6-4-3-5-7-12/h3-7,11,13H,2,8-10H2,1H3,(H,17,20). The molecule has 2 aromatic rings. The van der Waals surface area contributed by atoms with Crippen molar-refractivity contribution in [1.29, 1.82) is 0 Å². The van der Waals surface area contributed by atoms with Gasteiger partial charge in [-0.15, -0.1) is 0 Å². The minimum atomic E-state index is 0.442. The molecule has 1 aromatic heterocycles. The molecule has 0 amide bonds. The van der Waals surface area contributed by atoms with Crippen molar-refractivity contribution in [2.45, 2.75) is 32.3 Å². The van der Waals surface area contributed by atoms with Gasteiger partial charge in [0.25, 0.3) is 0 Å². The maximum atomic E-state index is 5.61. The van der Waals surface area contributed by atoms with Crippen LogP contribution in [0.3, 0.4) is 0 Å². The molecule has 0 radical (unpaired) electrons. The SMILES string of the molecule is CCOC1CC(Cc2n[nH]c(=S)n2-c2ccccc2)C1. The third kappa shape index (κ3) is 2.69. The second kappa shape index (κ2) is 5.89. The zero-order valence-electron chi connectivity index (χ0n) is 11.6. The molecule has 1 N–H and O–H groups in total. The zero-order chi connectivity index (χ0) is 13.9. The fraction of sp³-hybridized carbons (Fsp3) is 0.467. The molecule has 1 aliphatic rings. The number of H-pyrrole nitrogens is 1. The van der Waals surface area contributed by atoms with Crippen molar-refractivity contribution < 1.29 is 4.74 Å². The molecule has 1 aliphatic carbocycles. The van der Waals surface area contributed by atoms with Crippen molar-refractivity contribution in [3.05, 3.63) is 40.9 Å². The molecule has 1 saturated carbocycles. The van der Waals surface area contributed by atoms with Crippen LogP contribution in [-0.2, 0) is 11.2 Å². The van der Waals surface area contributed by atoms with Crippen LogP contribution in [-0.4, -0.2) is 27.5 Å². The van der Waals surface area contributed by atoms with Crippen LogP contribution in [0.5, 0.6) is 0 Å². The number of aromatic nitrogens is 3. The third-order valence-electron chi connectivity index (χ3n) is 3.82. The molecular formula is C15H19N3OS. The zero-order valence-corrected chi connectivity index (χ0v) is 12.4. The lowest BCUT2D eigenvalue weighted by Crippen LogP contribution is -2.33. The van der Waals surface area contributed by atoms with Crippen molar-refractivity contribution in [2.75, 3.05) is 6.61 Å². The second-order valence-electron chi connectivity index (χ2n) is 5.23. The van der Waals surface area contributed by atoms with Gasteiger partial charge in [0.2, 0.25) is 0 Å². The molecule has 0 aliphatic heterocycles. The Kier molecular flexibility index (Phi) is 3.98. The molecule has 3 rings (SSSR count). The Morgan fingerprint density at radius 1 is 1.35 bits per heavy atom. The van der Waals surface area contributed by atoms with Gasteiger partial charge in [0, 0.05) is 18.7 Å². The first-order valence-corrected chi connectivity index (χ1v) is 7.52. The number of benzene rings is 1. The average Bonchev–Trinajstić information content (AvgIpc) is 2.78. The maximum Gasteiger partial charge on any atom is 0.199 e. The number of para-hydroxylation sites is 1. The Hall–Kier alpha value is -1.46. The van der Waals surface area contributed by atoms with Crippen molar-refractivity contribution >= 4 is 12.2 Å². The Bertz CT molecular complexity index is 614. The molecule has 1 heterocycles. The average molecular weight is 289 g/mol. The van der Waals surface area contributed by atoms with Gasteiger partial charge < -0.3 is 4.74 Å². The van der Waals surface area contributed by atoms with E-state index in [1.807, 2.05) is 29.7 Å². The summed E-state index contributed by atoms with van der Waals surface area (Å²) in [6.07, 6.45) is 3.65. The van der Waals surface area contributed by atoms with E-state index in [-0.39, 0.29) is 0 Å². The summed E-state index contributed by atoms with van der Waals surface area (Å²) in [4.78, 5) is 0. The van der Waals surface area contributed by atoms with Crippen molar-refractivity contribution in [3.8, 4) is 5.69 Å². The quantitative estimate of drug-likeness (QED) is 0.859. The molecule has 1 aromatic carbocycles. The number of hydrogen-bond donors (Lipinski definition) is 1. The van der Waals surface area contributed by atoms with E-state index in [0.29, 0.717) is 16.8 Å². The van der Waals surface area contributed by atoms with Gasteiger partial charge in [-0.25, -0.2) is 0 Å². The summed E-state index contributed by atoms with van der Waals surface area (Å²) in [6.45, 7) is 2.86. The van der Waals surface area contributed by atoms with Gasteiger partial charge in [0.15, 0.2) is 4.77 Å². The molecule has 20 heavy (non-hydrogen) atoms. The van der Waals surface area contributed by atoms with Crippen LogP contribution in [0.1, 0.15) is 25.6 Å². The van der Waals surface area contributed by atoms with Crippen LogP contribution in [0.4, 0.5) is 0 Å². The first kappa shape index (κ1) is 13.5. The number of rotatable bonds is 5. The second-order valence-corrected chi connectivity index (χ2v) is 5.62.